The first-order valence-corrected chi connectivity index (χ1v) is 8.67. The number of methoxy groups -OCH3 is 1. The van der Waals surface area contributed by atoms with Crippen LogP contribution in [0.15, 0.2) is 54.7 Å². The maximum Gasteiger partial charge on any atom is 0.411 e. The van der Waals surface area contributed by atoms with Crippen LogP contribution in [0, 0.1) is 6.92 Å². The van der Waals surface area contributed by atoms with Crippen molar-refractivity contribution in [3.63, 3.8) is 0 Å². The normalized spacial score (nSPS) is 11.1. The van der Waals surface area contributed by atoms with Gasteiger partial charge in [0.05, 0.1) is 18.5 Å². The van der Waals surface area contributed by atoms with Crippen molar-refractivity contribution in [2.24, 2.45) is 5.73 Å². The van der Waals surface area contributed by atoms with Gasteiger partial charge in [0.1, 0.15) is 5.65 Å². The van der Waals surface area contributed by atoms with E-state index in [0.717, 1.165) is 38.9 Å². The number of ether oxygens (including phenoxy) is 1. The van der Waals surface area contributed by atoms with E-state index in [1.807, 2.05) is 47.0 Å². The van der Waals surface area contributed by atoms with Crippen LogP contribution in [-0.2, 0) is 11.3 Å². The zero-order chi connectivity index (χ0) is 19.0. The van der Waals surface area contributed by atoms with Gasteiger partial charge < -0.3 is 14.9 Å². The van der Waals surface area contributed by atoms with Gasteiger partial charge in [0.25, 0.3) is 0 Å². The Morgan fingerprint density at radius 3 is 2.78 bits per heavy atom. The lowest BCUT2D eigenvalue weighted by Crippen LogP contribution is -2.10. The summed E-state index contributed by atoms with van der Waals surface area (Å²) in [7, 11) is 1.34. The Bertz CT molecular complexity index is 1160. The number of nitrogens with zero attached hydrogens (tertiary/aromatic N) is 2. The molecule has 136 valence electrons. The topological polar surface area (TPSA) is 81.6 Å². The molecule has 0 saturated heterocycles. The first kappa shape index (κ1) is 17.1. The van der Waals surface area contributed by atoms with Crippen molar-refractivity contribution in [1.29, 1.82) is 0 Å². The van der Waals surface area contributed by atoms with E-state index in [1.165, 1.54) is 7.11 Å². The molecular weight excluding hydrogens is 340 g/mol. The van der Waals surface area contributed by atoms with E-state index in [2.05, 4.69) is 29.1 Å². The number of aromatic nitrogens is 2. The minimum atomic E-state index is -0.507. The monoisotopic (exact) mass is 360 g/mol. The minimum absolute atomic E-state index is 0.371. The van der Waals surface area contributed by atoms with E-state index >= 15 is 0 Å². The first-order valence-electron chi connectivity index (χ1n) is 8.67. The van der Waals surface area contributed by atoms with Gasteiger partial charge in [-0.25, -0.2) is 9.78 Å². The highest BCUT2D eigenvalue weighted by Gasteiger charge is 2.16. The highest BCUT2D eigenvalue weighted by molar-refractivity contribution is 5.99. The summed E-state index contributed by atoms with van der Waals surface area (Å²) in [5.41, 5.74) is 11.6. The summed E-state index contributed by atoms with van der Waals surface area (Å²) in [4.78, 5) is 16.5. The van der Waals surface area contributed by atoms with Crippen molar-refractivity contribution in [3.05, 3.63) is 66.0 Å². The number of imidazole rings is 1. The number of pyridine rings is 1. The second kappa shape index (κ2) is 6.74. The number of hydrogen-bond acceptors (Lipinski definition) is 4. The van der Waals surface area contributed by atoms with Gasteiger partial charge in [-0.2, -0.15) is 0 Å². The Morgan fingerprint density at radius 1 is 1.22 bits per heavy atom. The summed E-state index contributed by atoms with van der Waals surface area (Å²) in [5, 5.41) is 4.66. The van der Waals surface area contributed by atoms with Crippen molar-refractivity contribution < 1.29 is 9.53 Å². The van der Waals surface area contributed by atoms with Crippen molar-refractivity contribution in [3.8, 4) is 11.3 Å². The summed E-state index contributed by atoms with van der Waals surface area (Å²) in [6.45, 7) is 2.44. The molecule has 1 amide bonds. The minimum Gasteiger partial charge on any atom is -0.453 e. The lowest BCUT2D eigenvalue weighted by atomic mass is 10.0. The Morgan fingerprint density at radius 2 is 2.04 bits per heavy atom. The van der Waals surface area contributed by atoms with E-state index in [0.29, 0.717) is 12.2 Å². The maximum atomic E-state index is 11.5. The fraction of sp³-hybridized carbons (Fsp3) is 0.143. The molecule has 4 rings (SSSR count). The maximum absolute atomic E-state index is 11.5. The van der Waals surface area contributed by atoms with Gasteiger partial charge in [0, 0.05) is 29.4 Å². The summed E-state index contributed by atoms with van der Waals surface area (Å²) in [6.07, 6.45) is 1.48. The number of hydrogen-bond donors (Lipinski definition) is 2. The summed E-state index contributed by atoms with van der Waals surface area (Å²) in [6, 6.07) is 15.8. The second-order valence-electron chi connectivity index (χ2n) is 6.35. The smallest absolute Gasteiger partial charge is 0.411 e. The Kier molecular flexibility index (Phi) is 4.25. The molecule has 0 unspecified atom stereocenters. The number of aryl methyl sites for hydroxylation is 1. The molecule has 0 bridgehead atoms. The number of anilines is 1. The molecule has 2 aromatic carbocycles. The molecule has 0 radical (unpaired) electrons. The van der Waals surface area contributed by atoms with Gasteiger partial charge in [-0.1, -0.05) is 30.3 Å². The number of fused-ring (bicyclic) bond motifs is 3. The number of nitrogens with two attached hydrogens (primary N) is 1. The number of nitrogens with one attached hydrogen (secondary N) is 1. The lowest BCUT2D eigenvalue weighted by molar-refractivity contribution is 0.187. The van der Waals surface area contributed by atoms with E-state index < -0.39 is 6.09 Å². The predicted molar refractivity (Wildman–Crippen MR) is 107 cm³/mol. The molecule has 0 atom stereocenters. The largest absolute Gasteiger partial charge is 0.453 e. The fourth-order valence-corrected chi connectivity index (χ4v) is 3.36. The Balaban J connectivity index is 1.97. The molecule has 0 saturated carbocycles. The first-order chi connectivity index (χ1) is 13.1. The zero-order valence-electron chi connectivity index (χ0n) is 15.2. The molecule has 6 nitrogen and oxygen atoms in total. The van der Waals surface area contributed by atoms with Crippen LogP contribution in [0.3, 0.4) is 0 Å². The van der Waals surface area contributed by atoms with Gasteiger partial charge >= 0.3 is 6.09 Å². The number of amides is 1. The quantitative estimate of drug-likeness (QED) is 0.576. The van der Waals surface area contributed by atoms with Crippen molar-refractivity contribution in [1.82, 2.24) is 9.38 Å². The number of carbonyl (C=O) groups excluding carboxylic acids is 1. The summed E-state index contributed by atoms with van der Waals surface area (Å²) < 4.78 is 6.70. The predicted octanol–water partition coefficient (Wildman–Crippen LogP) is 4.10. The van der Waals surface area contributed by atoms with Crippen LogP contribution in [0.4, 0.5) is 10.5 Å². The third-order valence-corrected chi connectivity index (χ3v) is 4.73. The van der Waals surface area contributed by atoms with Gasteiger partial charge in [-0.15, -0.1) is 0 Å². The summed E-state index contributed by atoms with van der Waals surface area (Å²) >= 11 is 0. The highest BCUT2D eigenvalue weighted by atomic mass is 16.5. The lowest BCUT2D eigenvalue weighted by Gasteiger charge is -2.07. The van der Waals surface area contributed by atoms with Gasteiger partial charge in [-0.3, -0.25) is 5.32 Å². The van der Waals surface area contributed by atoms with Crippen LogP contribution in [-0.4, -0.2) is 22.6 Å². The van der Waals surface area contributed by atoms with Crippen molar-refractivity contribution >= 4 is 28.2 Å². The van der Waals surface area contributed by atoms with Crippen LogP contribution < -0.4 is 11.1 Å². The third-order valence-electron chi connectivity index (χ3n) is 4.73. The molecule has 27 heavy (non-hydrogen) atoms. The van der Waals surface area contributed by atoms with Crippen LogP contribution >= 0.6 is 0 Å². The molecule has 2 heterocycles. The Labute approximate surface area is 156 Å². The van der Waals surface area contributed by atoms with E-state index in [4.69, 9.17) is 10.7 Å². The SMILES string of the molecule is COC(=O)Nc1ccc2ccn3c(CN)c(-c4ccccc4C)nc3c2c1. The fourth-order valence-electron chi connectivity index (χ4n) is 3.36. The second-order valence-corrected chi connectivity index (χ2v) is 6.35. The van der Waals surface area contributed by atoms with E-state index in [9.17, 15) is 4.79 Å². The molecule has 0 aliphatic carbocycles. The average Bonchev–Trinajstić information content (AvgIpc) is 3.07. The van der Waals surface area contributed by atoms with E-state index in [-0.39, 0.29) is 0 Å². The molecule has 4 aromatic rings. The number of benzene rings is 2. The van der Waals surface area contributed by atoms with Crippen LogP contribution in [0.5, 0.6) is 0 Å². The molecule has 0 aliphatic rings. The van der Waals surface area contributed by atoms with Crippen molar-refractivity contribution in [2.75, 3.05) is 12.4 Å². The molecule has 2 aromatic heterocycles. The molecule has 0 spiro atoms. The molecular formula is C21H20N4O2. The van der Waals surface area contributed by atoms with Crippen molar-refractivity contribution in [2.45, 2.75) is 13.5 Å². The standard InChI is InChI=1S/C21H20N4O2/c1-13-5-3-4-6-16(13)19-18(12-22)25-10-9-14-7-8-15(23-21(26)27-2)11-17(14)20(25)24-19/h3-11H,12,22H2,1-2H3,(H,23,26). The number of rotatable bonds is 3. The molecule has 6 heteroatoms. The Hall–Kier alpha value is -3.38. The molecule has 0 aliphatic heterocycles. The van der Waals surface area contributed by atoms with Gasteiger partial charge in [0.15, 0.2) is 0 Å². The highest BCUT2D eigenvalue weighted by Crippen LogP contribution is 2.31. The zero-order valence-corrected chi connectivity index (χ0v) is 15.2. The van der Waals surface area contributed by atoms with Gasteiger partial charge in [0.2, 0.25) is 0 Å². The third kappa shape index (κ3) is 2.90. The molecule has 3 N–H and O–H groups in total. The molecule has 0 fully saturated rings. The van der Waals surface area contributed by atoms with Crippen LogP contribution in [0.1, 0.15) is 11.3 Å². The van der Waals surface area contributed by atoms with Crippen LogP contribution in [0.25, 0.3) is 27.7 Å². The van der Waals surface area contributed by atoms with Crippen LogP contribution in [0.2, 0.25) is 0 Å². The van der Waals surface area contributed by atoms with Gasteiger partial charge in [-0.05, 0) is 36.1 Å². The average molecular weight is 360 g/mol. The van der Waals surface area contributed by atoms with E-state index in [1.54, 1.807) is 0 Å². The number of carbonyl (C=O) groups is 1. The summed E-state index contributed by atoms with van der Waals surface area (Å²) in [5.74, 6) is 0.